The average molecular weight is 319 g/mol. The topological polar surface area (TPSA) is 73.6 Å². The smallest absolute Gasteiger partial charge is 0.146 e. The monoisotopic (exact) mass is 319 g/mol. The number of rotatable bonds is 4. The summed E-state index contributed by atoms with van der Waals surface area (Å²) in [6.45, 7) is 1.76. The van der Waals surface area contributed by atoms with Gasteiger partial charge in [0.1, 0.15) is 23.3 Å². The van der Waals surface area contributed by atoms with Crippen LogP contribution in [0.15, 0.2) is 54.6 Å². The molecule has 0 radical (unpaired) electrons. The van der Waals surface area contributed by atoms with Crippen LogP contribution in [0.5, 0.6) is 0 Å². The van der Waals surface area contributed by atoms with Crippen molar-refractivity contribution in [3.05, 3.63) is 71.8 Å². The summed E-state index contributed by atoms with van der Waals surface area (Å²) in [5, 5.41) is 14.9. The fourth-order valence-corrected chi connectivity index (χ4v) is 2.17. The van der Waals surface area contributed by atoms with Crippen molar-refractivity contribution in [2.24, 2.45) is 0 Å². The molecule has 0 saturated heterocycles. The molecule has 1 heterocycles. The van der Waals surface area contributed by atoms with Gasteiger partial charge in [0.15, 0.2) is 0 Å². The highest BCUT2D eigenvalue weighted by atomic mass is 19.1. The summed E-state index contributed by atoms with van der Waals surface area (Å²) in [7, 11) is 0. The first kappa shape index (κ1) is 15.4. The number of halogens is 1. The number of nitriles is 1. The summed E-state index contributed by atoms with van der Waals surface area (Å²) >= 11 is 0. The third-order valence-corrected chi connectivity index (χ3v) is 3.26. The number of para-hydroxylation sites is 1. The molecule has 1 aromatic heterocycles. The fourth-order valence-electron chi connectivity index (χ4n) is 2.17. The number of aryl methyl sites for hydroxylation is 1. The first-order valence-corrected chi connectivity index (χ1v) is 7.28. The van der Waals surface area contributed by atoms with Gasteiger partial charge in [0.25, 0.3) is 0 Å². The predicted molar refractivity (Wildman–Crippen MR) is 90.9 cm³/mol. The van der Waals surface area contributed by atoms with Crippen LogP contribution in [-0.4, -0.2) is 9.97 Å². The van der Waals surface area contributed by atoms with Crippen LogP contribution in [0, 0.1) is 24.1 Å². The van der Waals surface area contributed by atoms with Crippen LogP contribution in [-0.2, 0) is 0 Å². The number of benzene rings is 2. The van der Waals surface area contributed by atoms with Gasteiger partial charge in [-0.25, -0.2) is 14.4 Å². The molecule has 5 nitrogen and oxygen atoms in total. The lowest BCUT2D eigenvalue weighted by atomic mass is 10.2. The Morgan fingerprint density at radius 2 is 1.62 bits per heavy atom. The van der Waals surface area contributed by atoms with E-state index in [2.05, 4.69) is 26.7 Å². The second-order valence-electron chi connectivity index (χ2n) is 5.10. The molecule has 0 amide bonds. The Hall–Kier alpha value is -3.46. The van der Waals surface area contributed by atoms with Crippen LogP contribution in [0.25, 0.3) is 0 Å². The number of aromatic nitrogens is 2. The summed E-state index contributed by atoms with van der Waals surface area (Å²) < 4.78 is 13.7. The van der Waals surface area contributed by atoms with Crippen molar-refractivity contribution in [2.45, 2.75) is 6.92 Å². The van der Waals surface area contributed by atoms with Crippen molar-refractivity contribution in [3.63, 3.8) is 0 Å². The molecule has 3 aromatic rings. The van der Waals surface area contributed by atoms with Gasteiger partial charge < -0.3 is 10.6 Å². The lowest BCUT2D eigenvalue weighted by molar-refractivity contribution is 0.632. The Bertz CT molecular complexity index is 900. The van der Waals surface area contributed by atoms with Crippen LogP contribution in [0.1, 0.15) is 11.4 Å². The molecular weight excluding hydrogens is 305 g/mol. The molecule has 2 N–H and O–H groups in total. The maximum atomic E-state index is 13.7. The highest BCUT2D eigenvalue weighted by Crippen LogP contribution is 2.22. The molecule has 6 heteroatoms. The van der Waals surface area contributed by atoms with E-state index in [1.54, 1.807) is 55.5 Å². The molecule has 0 bridgehead atoms. The zero-order chi connectivity index (χ0) is 16.9. The zero-order valence-corrected chi connectivity index (χ0v) is 12.9. The molecular formula is C18H14FN5. The van der Waals surface area contributed by atoms with E-state index in [-0.39, 0.29) is 5.82 Å². The maximum Gasteiger partial charge on any atom is 0.146 e. The summed E-state index contributed by atoms with van der Waals surface area (Å²) in [5.74, 6) is 1.26. The van der Waals surface area contributed by atoms with Gasteiger partial charge in [0.2, 0.25) is 0 Å². The van der Waals surface area contributed by atoms with E-state index in [1.165, 1.54) is 6.07 Å². The number of hydrogen-bond acceptors (Lipinski definition) is 5. The summed E-state index contributed by atoms with van der Waals surface area (Å²) in [6.07, 6.45) is 0. The first-order chi connectivity index (χ1) is 11.6. The molecule has 0 saturated carbocycles. The number of hydrogen-bond donors (Lipinski definition) is 2. The second kappa shape index (κ2) is 6.75. The first-order valence-electron chi connectivity index (χ1n) is 7.28. The highest BCUT2D eigenvalue weighted by molar-refractivity contribution is 5.63. The van der Waals surface area contributed by atoms with E-state index in [1.807, 2.05) is 0 Å². The third-order valence-electron chi connectivity index (χ3n) is 3.26. The van der Waals surface area contributed by atoms with Gasteiger partial charge in [-0.1, -0.05) is 12.1 Å². The van der Waals surface area contributed by atoms with Crippen LogP contribution in [0.4, 0.5) is 27.4 Å². The molecule has 3 rings (SSSR count). The molecule has 0 aliphatic heterocycles. The third kappa shape index (κ3) is 3.65. The fraction of sp³-hybridized carbons (Fsp3) is 0.0556. The van der Waals surface area contributed by atoms with Crippen molar-refractivity contribution in [1.29, 1.82) is 5.26 Å². The van der Waals surface area contributed by atoms with E-state index in [4.69, 9.17) is 5.26 Å². The van der Waals surface area contributed by atoms with Gasteiger partial charge in [-0.3, -0.25) is 0 Å². The van der Waals surface area contributed by atoms with Crippen LogP contribution < -0.4 is 10.6 Å². The molecule has 0 fully saturated rings. The average Bonchev–Trinajstić information content (AvgIpc) is 2.57. The van der Waals surface area contributed by atoms with Crippen molar-refractivity contribution < 1.29 is 4.39 Å². The number of nitrogens with zero attached hydrogens (tertiary/aromatic N) is 3. The van der Waals surface area contributed by atoms with Crippen molar-refractivity contribution in [2.75, 3.05) is 10.6 Å². The van der Waals surface area contributed by atoms with Crippen molar-refractivity contribution in [3.8, 4) is 6.07 Å². The number of anilines is 4. The standard InChI is InChI=1S/C18H14FN5/c1-12-21-17(23-14-8-6-13(11-20)7-9-14)10-18(22-12)24-16-5-3-2-4-15(16)19/h2-10H,1H3,(H2,21,22,23,24). The minimum Gasteiger partial charge on any atom is -0.340 e. The Morgan fingerprint density at radius 3 is 2.29 bits per heavy atom. The van der Waals surface area contributed by atoms with E-state index in [0.29, 0.717) is 28.7 Å². The Kier molecular flexibility index (Phi) is 4.34. The van der Waals surface area contributed by atoms with Crippen LogP contribution in [0.3, 0.4) is 0 Å². The van der Waals surface area contributed by atoms with Crippen molar-refractivity contribution >= 4 is 23.0 Å². The Morgan fingerprint density at radius 1 is 0.958 bits per heavy atom. The van der Waals surface area contributed by atoms with Crippen LogP contribution >= 0.6 is 0 Å². The quantitative estimate of drug-likeness (QED) is 0.750. The maximum absolute atomic E-state index is 13.7. The van der Waals surface area contributed by atoms with E-state index in [0.717, 1.165) is 5.69 Å². The minimum atomic E-state index is -0.352. The zero-order valence-electron chi connectivity index (χ0n) is 12.9. The Balaban J connectivity index is 1.83. The summed E-state index contributed by atoms with van der Waals surface area (Å²) in [5.41, 5.74) is 1.73. The molecule has 118 valence electrons. The second-order valence-corrected chi connectivity index (χ2v) is 5.10. The highest BCUT2D eigenvalue weighted by Gasteiger charge is 2.06. The van der Waals surface area contributed by atoms with Gasteiger partial charge in [-0.05, 0) is 43.3 Å². The SMILES string of the molecule is Cc1nc(Nc2ccc(C#N)cc2)cc(Nc2ccccc2F)n1. The van der Waals surface area contributed by atoms with Gasteiger partial charge in [-0.2, -0.15) is 5.26 Å². The van der Waals surface area contributed by atoms with E-state index in [9.17, 15) is 4.39 Å². The molecule has 0 aliphatic rings. The van der Waals surface area contributed by atoms with Crippen LogP contribution in [0.2, 0.25) is 0 Å². The lowest BCUT2D eigenvalue weighted by Crippen LogP contribution is -2.02. The minimum absolute atomic E-state index is 0.347. The molecule has 24 heavy (non-hydrogen) atoms. The van der Waals surface area contributed by atoms with Crippen molar-refractivity contribution in [1.82, 2.24) is 9.97 Å². The van der Waals surface area contributed by atoms with Gasteiger partial charge in [-0.15, -0.1) is 0 Å². The van der Waals surface area contributed by atoms with E-state index >= 15 is 0 Å². The molecule has 0 aliphatic carbocycles. The summed E-state index contributed by atoms with van der Waals surface area (Å²) in [6, 6.07) is 17.2. The normalized spacial score (nSPS) is 10.0. The van der Waals surface area contributed by atoms with E-state index < -0.39 is 0 Å². The summed E-state index contributed by atoms with van der Waals surface area (Å²) in [4.78, 5) is 8.58. The van der Waals surface area contributed by atoms with Gasteiger partial charge >= 0.3 is 0 Å². The number of nitrogens with one attached hydrogen (secondary N) is 2. The predicted octanol–water partition coefficient (Wildman–Crippen LogP) is 4.28. The lowest BCUT2D eigenvalue weighted by Gasteiger charge is -2.11. The molecule has 0 atom stereocenters. The van der Waals surface area contributed by atoms with Gasteiger partial charge in [0, 0.05) is 11.8 Å². The molecule has 2 aromatic carbocycles. The molecule has 0 spiro atoms. The molecule has 0 unspecified atom stereocenters. The van der Waals surface area contributed by atoms with Gasteiger partial charge in [0.05, 0.1) is 17.3 Å². The Labute approximate surface area is 138 Å². The largest absolute Gasteiger partial charge is 0.340 e.